The number of fused-ring (bicyclic) bond motifs is 1. The number of rotatable bonds is 5. The largest absolute Gasteiger partial charge is 0.497 e. The SMILES string of the molecule is COc1ccc2nccc(CN3C(=O)N(c4cc(F)c(OC)c(F)c4F)C(=O)C3(C)C)c2c1. The molecule has 1 fully saturated rings. The average Bonchev–Trinajstić information content (AvgIpc) is 2.96. The van der Waals surface area contributed by atoms with Gasteiger partial charge in [-0.25, -0.2) is 18.5 Å². The first kappa shape index (κ1) is 22.4. The monoisotopic (exact) mass is 459 g/mol. The molecule has 2 aromatic carbocycles. The lowest BCUT2D eigenvalue weighted by Crippen LogP contribution is -2.43. The molecule has 172 valence electrons. The zero-order valence-electron chi connectivity index (χ0n) is 18.3. The first-order valence-corrected chi connectivity index (χ1v) is 9.91. The second kappa shape index (κ2) is 7.95. The van der Waals surface area contributed by atoms with E-state index in [2.05, 4.69) is 9.72 Å². The van der Waals surface area contributed by atoms with Crippen LogP contribution in [0.15, 0.2) is 36.5 Å². The lowest BCUT2D eigenvalue weighted by Gasteiger charge is -2.28. The number of hydrogen-bond donors (Lipinski definition) is 0. The summed E-state index contributed by atoms with van der Waals surface area (Å²) in [6.45, 7) is 2.92. The van der Waals surface area contributed by atoms with Crippen LogP contribution in [0.4, 0.5) is 23.7 Å². The number of carbonyl (C=O) groups excluding carboxylic acids is 2. The van der Waals surface area contributed by atoms with Gasteiger partial charge in [0.1, 0.15) is 11.3 Å². The molecule has 1 aromatic heterocycles. The molecule has 33 heavy (non-hydrogen) atoms. The first-order valence-electron chi connectivity index (χ1n) is 9.91. The van der Waals surface area contributed by atoms with Gasteiger partial charge in [0.15, 0.2) is 17.4 Å². The van der Waals surface area contributed by atoms with E-state index < -0.39 is 46.4 Å². The van der Waals surface area contributed by atoms with E-state index in [9.17, 15) is 22.8 Å². The molecule has 7 nitrogen and oxygen atoms in total. The van der Waals surface area contributed by atoms with Crippen molar-refractivity contribution in [2.45, 2.75) is 25.9 Å². The predicted octanol–water partition coefficient (Wildman–Crippen LogP) is 4.42. The minimum absolute atomic E-state index is 0.0387. The lowest BCUT2D eigenvalue weighted by molar-refractivity contribution is -0.123. The normalized spacial score (nSPS) is 15.5. The van der Waals surface area contributed by atoms with Crippen molar-refractivity contribution < 1.29 is 32.2 Å². The number of carbonyl (C=O) groups is 2. The van der Waals surface area contributed by atoms with Crippen molar-refractivity contribution in [1.82, 2.24) is 9.88 Å². The molecule has 3 amide bonds. The third-order valence-electron chi connectivity index (χ3n) is 5.73. The number of benzene rings is 2. The van der Waals surface area contributed by atoms with Gasteiger partial charge in [0.25, 0.3) is 5.91 Å². The second-order valence-electron chi connectivity index (χ2n) is 7.96. The third kappa shape index (κ3) is 3.42. The molecule has 0 saturated carbocycles. The fraction of sp³-hybridized carbons (Fsp3) is 0.261. The highest BCUT2D eigenvalue weighted by molar-refractivity contribution is 6.23. The summed E-state index contributed by atoms with van der Waals surface area (Å²) in [4.78, 5) is 32.3. The van der Waals surface area contributed by atoms with Crippen molar-refractivity contribution in [3.05, 3.63) is 59.5 Å². The minimum atomic E-state index is -1.63. The minimum Gasteiger partial charge on any atom is -0.497 e. The summed E-state index contributed by atoms with van der Waals surface area (Å²) in [6.07, 6.45) is 1.56. The number of aromatic nitrogens is 1. The third-order valence-corrected chi connectivity index (χ3v) is 5.73. The number of halogens is 3. The van der Waals surface area contributed by atoms with Crippen LogP contribution in [0.1, 0.15) is 19.4 Å². The van der Waals surface area contributed by atoms with Crippen LogP contribution in [0.5, 0.6) is 11.5 Å². The van der Waals surface area contributed by atoms with Crippen LogP contribution in [0.25, 0.3) is 10.9 Å². The molecule has 1 aliphatic rings. The van der Waals surface area contributed by atoms with Gasteiger partial charge in [-0.05, 0) is 43.7 Å². The Labute approximate surface area is 187 Å². The van der Waals surface area contributed by atoms with Gasteiger partial charge in [-0.15, -0.1) is 0 Å². The van der Waals surface area contributed by atoms with Gasteiger partial charge >= 0.3 is 6.03 Å². The highest BCUT2D eigenvalue weighted by Gasteiger charge is 2.53. The van der Waals surface area contributed by atoms with Crippen LogP contribution in [-0.2, 0) is 11.3 Å². The van der Waals surface area contributed by atoms with Crippen LogP contribution in [0.2, 0.25) is 0 Å². The fourth-order valence-electron chi connectivity index (χ4n) is 3.85. The maximum absolute atomic E-state index is 14.7. The molecule has 1 aliphatic heterocycles. The number of nitrogens with zero attached hydrogens (tertiary/aromatic N) is 3. The standard InChI is InChI=1S/C23H20F3N3O4/c1-23(2)21(30)29(17-10-15(24)20(33-4)19(26)18(17)25)22(31)28(23)11-12-7-8-27-16-6-5-13(32-3)9-14(12)16/h5-10H,11H2,1-4H3. The molecule has 0 atom stereocenters. The second-order valence-corrected chi connectivity index (χ2v) is 7.96. The van der Waals surface area contributed by atoms with Crippen LogP contribution in [0, 0.1) is 17.5 Å². The molecule has 0 bridgehead atoms. The zero-order valence-corrected chi connectivity index (χ0v) is 18.3. The molecule has 0 spiro atoms. The summed E-state index contributed by atoms with van der Waals surface area (Å²) in [5, 5.41) is 0.694. The maximum atomic E-state index is 14.7. The van der Waals surface area contributed by atoms with E-state index in [1.165, 1.54) is 25.9 Å². The molecule has 2 heterocycles. The van der Waals surface area contributed by atoms with Crippen molar-refractivity contribution in [3.63, 3.8) is 0 Å². The van der Waals surface area contributed by atoms with E-state index in [1.807, 2.05) is 0 Å². The summed E-state index contributed by atoms with van der Waals surface area (Å²) < 4.78 is 53.1. The van der Waals surface area contributed by atoms with Crippen LogP contribution >= 0.6 is 0 Å². The van der Waals surface area contributed by atoms with E-state index in [0.29, 0.717) is 33.2 Å². The molecule has 0 unspecified atom stereocenters. The molecule has 4 rings (SSSR count). The number of urea groups is 1. The highest BCUT2D eigenvalue weighted by atomic mass is 19.2. The van der Waals surface area contributed by atoms with E-state index >= 15 is 0 Å². The molecule has 0 N–H and O–H groups in total. The van der Waals surface area contributed by atoms with Crippen LogP contribution < -0.4 is 14.4 Å². The summed E-state index contributed by atoms with van der Waals surface area (Å²) in [7, 11) is 2.49. The summed E-state index contributed by atoms with van der Waals surface area (Å²) in [5.41, 5.74) is -0.948. The number of ether oxygens (including phenoxy) is 2. The number of amides is 3. The molecule has 0 radical (unpaired) electrons. The molecule has 3 aromatic rings. The van der Waals surface area contributed by atoms with Crippen molar-refractivity contribution in [2.24, 2.45) is 0 Å². The number of anilines is 1. The Morgan fingerprint density at radius 1 is 1.00 bits per heavy atom. The highest BCUT2D eigenvalue weighted by Crippen LogP contribution is 2.38. The molecular formula is C23H20F3N3O4. The van der Waals surface area contributed by atoms with Gasteiger partial charge in [-0.1, -0.05) is 0 Å². The Morgan fingerprint density at radius 3 is 2.39 bits per heavy atom. The predicted molar refractivity (Wildman–Crippen MR) is 114 cm³/mol. The number of hydrogen-bond acceptors (Lipinski definition) is 5. The molecule has 0 aliphatic carbocycles. The summed E-state index contributed by atoms with van der Waals surface area (Å²) in [6, 6.07) is 6.58. The van der Waals surface area contributed by atoms with Crippen molar-refractivity contribution in [1.29, 1.82) is 0 Å². The van der Waals surface area contributed by atoms with Crippen LogP contribution in [-0.4, -0.2) is 41.6 Å². The molecule has 1 saturated heterocycles. The van der Waals surface area contributed by atoms with Crippen molar-refractivity contribution in [2.75, 3.05) is 19.1 Å². The topological polar surface area (TPSA) is 72.0 Å². The Bertz CT molecular complexity index is 1300. The Hall–Kier alpha value is -3.82. The smallest absolute Gasteiger partial charge is 0.332 e. The molecule has 10 heteroatoms. The zero-order chi connectivity index (χ0) is 24.1. The van der Waals surface area contributed by atoms with E-state index in [1.54, 1.807) is 30.5 Å². The lowest BCUT2D eigenvalue weighted by atomic mass is 10.0. The Kier molecular flexibility index (Phi) is 5.39. The van der Waals surface area contributed by atoms with Gasteiger partial charge < -0.3 is 14.4 Å². The van der Waals surface area contributed by atoms with Gasteiger partial charge in [-0.3, -0.25) is 9.78 Å². The Balaban J connectivity index is 1.78. The van der Waals surface area contributed by atoms with Crippen LogP contribution in [0.3, 0.4) is 0 Å². The number of pyridine rings is 1. The Morgan fingerprint density at radius 2 is 1.73 bits per heavy atom. The van der Waals surface area contributed by atoms with E-state index in [4.69, 9.17) is 4.74 Å². The first-order chi connectivity index (χ1) is 15.6. The quantitative estimate of drug-likeness (QED) is 0.417. The number of imide groups is 1. The fourth-order valence-corrected chi connectivity index (χ4v) is 3.85. The van der Waals surface area contributed by atoms with Gasteiger partial charge in [0.05, 0.1) is 25.4 Å². The molecular weight excluding hydrogens is 439 g/mol. The number of methoxy groups -OCH3 is 2. The van der Waals surface area contributed by atoms with Gasteiger partial charge in [0.2, 0.25) is 5.82 Å². The van der Waals surface area contributed by atoms with Gasteiger partial charge in [0, 0.05) is 24.2 Å². The van der Waals surface area contributed by atoms with Gasteiger partial charge in [-0.2, -0.15) is 4.39 Å². The summed E-state index contributed by atoms with van der Waals surface area (Å²) >= 11 is 0. The van der Waals surface area contributed by atoms with Crippen molar-refractivity contribution >= 4 is 28.5 Å². The van der Waals surface area contributed by atoms with Crippen molar-refractivity contribution in [3.8, 4) is 11.5 Å². The van der Waals surface area contributed by atoms with E-state index in [-0.39, 0.29) is 6.54 Å². The maximum Gasteiger partial charge on any atom is 0.332 e. The summed E-state index contributed by atoms with van der Waals surface area (Å²) in [5.74, 6) is -5.62. The van der Waals surface area contributed by atoms with E-state index in [0.717, 1.165) is 7.11 Å². The average molecular weight is 459 g/mol.